The molecule has 150 valence electrons. The van der Waals surface area contributed by atoms with E-state index in [-0.39, 0.29) is 11.4 Å². The average Bonchev–Trinajstić information content (AvgIpc) is 3.13. The van der Waals surface area contributed by atoms with E-state index in [0.29, 0.717) is 18.5 Å². The molecule has 0 radical (unpaired) electrons. The molecule has 0 saturated heterocycles. The summed E-state index contributed by atoms with van der Waals surface area (Å²) in [5.41, 5.74) is 1.96. The standard InChI is InChI=1S/C20H20N4O4S/c25-20(26)14-23-18-9-4-10-19(17(18)13-22-23)24(15-6-5-11-21-12-15)29(27,28)16-7-2-1-3-8-16/h1-3,5-8,11-13,19H,4,9-10,14H2,(H,25,26). The van der Waals surface area contributed by atoms with Gasteiger partial charge in [-0.1, -0.05) is 18.2 Å². The molecule has 1 aromatic carbocycles. The summed E-state index contributed by atoms with van der Waals surface area (Å²) in [5.74, 6) is -0.987. The van der Waals surface area contributed by atoms with E-state index in [9.17, 15) is 13.2 Å². The first-order chi connectivity index (χ1) is 14.0. The maximum absolute atomic E-state index is 13.6. The lowest BCUT2D eigenvalue weighted by molar-refractivity contribution is -0.137. The Labute approximate surface area is 168 Å². The molecule has 29 heavy (non-hydrogen) atoms. The van der Waals surface area contributed by atoms with Gasteiger partial charge in [0, 0.05) is 17.5 Å². The van der Waals surface area contributed by atoms with E-state index >= 15 is 0 Å². The van der Waals surface area contributed by atoms with Gasteiger partial charge in [0.1, 0.15) is 6.54 Å². The fraction of sp³-hybridized carbons (Fsp3) is 0.250. The fourth-order valence-electron chi connectivity index (χ4n) is 3.78. The third-order valence-electron chi connectivity index (χ3n) is 5.00. The summed E-state index contributed by atoms with van der Waals surface area (Å²) in [5, 5.41) is 13.4. The van der Waals surface area contributed by atoms with Gasteiger partial charge in [-0.25, -0.2) is 8.42 Å². The zero-order valence-corrected chi connectivity index (χ0v) is 16.4. The first-order valence-electron chi connectivity index (χ1n) is 9.24. The monoisotopic (exact) mass is 412 g/mol. The fourth-order valence-corrected chi connectivity index (χ4v) is 5.45. The van der Waals surface area contributed by atoms with Gasteiger partial charge in [-0.15, -0.1) is 0 Å². The summed E-state index contributed by atoms with van der Waals surface area (Å²) in [6.07, 6.45) is 6.69. The number of sulfonamides is 1. The van der Waals surface area contributed by atoms with E-state index in [4.69, 9.17) is 5.11 Å². The first-order valence-corrected chi connectivity index (χ1v) is 10.7. The molecule has 3 aromatic rings. The van der Waals surface area contributed by atoms with Crippen molar-refractivity contribution < 1.29 is 18.3 Å². The summed E-state index contributed by atoms with van der Waals surface area (Å²) in [6, 6.07) is 11.2. The van der Waals surface area contributed by atoms with E-state index in [1.807, 2.05) is 0 Å². The number of fused-ring (bicyclic) bond motifs is 1. The number of aliphatic carboxylic acids is 1. The van der Waals surface area contributed by atoms with E-state index in [0.717, 1.165) is 17.7 Å². The van der Waals surface area contributed by atoms with Gasteiger partial charge in [-0.05, 0) is 43.5 Å². The van der Waals surface area contributed by atoms with Crippen LogP contribution in [0.15, 0.2) is 66.0 Å². The van der Waals surface area contributed by atoms with Crippen LogP contribution >= 0.6 is 0 Å². The molecule has 1 unspecified atom stereocenters. The Morgan fingerprint density at radius 3 is 2.66 bits per heavy atom. The number of carboxylic acids is 1. The van der Waals surface area contributed by atoms with Gasteiger partial charge < -0.3 is 5.11 Å². The molecule has 1 aliphatic carbocycles. The highest BCUT2D eigenvalue weighted by atomic mass is 32.2. The van der Waals surface area contributed by atoms with Crippen molar-refractivity contribution in [2.45, 2.75) is 36.7 Å². The Kier molecular flexibility index (Phi) is 5.06. The Hall–Kier alpha value is -3.20. The van der Waals surface area contributed by atoms with Gasteiger partial charge in [0.25, 0.3) is 10.0 Å². The minimum Gasteiger partial charge on any atom is -0.480 e. The predicted octanol–water partition coefficient (Wildman–Crippen LogP) is 2.64. The molecule has 1 atom stereocenters. The highest BCUT2D eigenvalue weighted by Gasteiger charge is 2.37. The minimum absolute atomic E-state index is 0.189. The van der Waals surface area contributed by atoms with Crippen LogP contribution in [0.4, 0.5) is 5.69 Å². The lowest BCUT2D eigenvalue weighted by atomic mass is 9.92. The third kappa shape index (κ3) is 3.61. The summed E-state index contributed by atoms with van der Waals surface area (Å²) >= 11 is 0. The molecule has 4 rings (SSSR count). The largest absolute Gasteiger partial charge is 0.480 e. The number of aromatic nitrogens is 3. The summed E-state index contributed by atoms with van der Waals surface area (Å²) in [4.78, 5) is 15.5. The second-order valence-corrected chi connectivity index (χ2v) is 8.65. The number of pyridine rings is 1. The molecule has 8 nitrogen and oxygen atoms in total. The molecule has 9 heteroatoms. The van der Waals surface area contributed by atoms with Crippen molar-refractivity contribution in [1.82, 2.24) is 14.8 Å². The van der Waals surface area contributed by atoms with Gasteiger partial charge in [-0.2, -0.15) is 5.10 Å². The van der Waals surface area contributed by atoms with Crippen LogP contribution < -0.4 is 4.31 Å². The highest BCUT2D eigenvalue weighted by molar-refractivity contribution is 7.92. The summed E-state index contributed by atoms with van der Waals surface area (Å²) in [7, 11) is -3.87. The molecular formula is C20H20N4O4S. The van der Waals surface area contributed by atoms with Crippen LogP contribution in [0.25, 0.3) is 0 Å². The smallest absolute Gasteiger partial charge is 0.325 e. The SMILES string of the molecule is O=C(O)Cn1ncc2c1CCCC2N(c1cccnc1)S(=O)(=O)c1ccccc1. The van der Waals surface area contributed by atoms with Crippen LogP contribution in [0.5, 0.6) is 0 Å². The quantitative estimate of drug-likeness (QED) is 0.667. The third-order valence-corrected chi connectivity index (χ3v) is 6.85. The molecule has 1 aliphatic rings. The first kappa shape index (κ1) is 19.1. The van der Waals surface area contributed by atoms with Gasteiger partial charge in [0.2, 0.25) is 0 Å². The molecule has 0 spiro atoms. The second kappa shape index (κ2) is 7.67. The lowest BCUT2D eigenvalue weighted by Gasteiger charge is -2.35. The van der Waals surface area contributed by atoms with Crippen molar-refractivity contribution in [3.63, 3.8) is 0 Å². The Balaban J connectivity index is 1.84. The number of hydrogen-bond acceptors (Lipinski definition) is 5. The highest BCUT2D eigenvalue weighted by Crippen LogP contribution is 2.40. The molecule has 2 aromatic heterocycles. The van der Waals surface area contributed by atoms with Crippen molar-refractivity contribution in [2.75, 3.05) is 4.31 Å². The van der Waals surface area contributed by atoms with Crippen LogP contribution in [0.1, 0.15) is 30.1 Å². The van der Waals surface area contributed by atoms with E-state index in [2.05, 4.69) is 10.1 Å². The number of rotatable bonds is 6. The number of carboxylic acid groups (broad SMARTS) is 1. The van der Waals surface area contributed by atoms with E-state index in [1.54, 1.807) is 54.9 Å². The maximum Gasteiger partial charge on any atom is 0.325 e. The molecule has 0 amide bonds. The lowest BCUT2D eigenvalue weighted by Crippen LogP contribution is -2.37. The zero-order chi connectivity index (χ0) is 20.4. The number of hydrogen-bond donors (Lipinski definition) is 1. The van der Waals surface area contributed by atoms with Crippen molar-refractivity contribution >= 4 is 21.7 Å². The zero-order valence-electron chi connectivity index (χ0n) is 15.5. The van der Waals surface area contributed by atoms with Crippen molar-refractivity contribution in [3.8, 4) is 0 Å². The van der Waals surface area contributed by atoms with Crippen LogP contribution in [0, 0.1) is 0 Å². The van der Waals surface area contributed by atoms with Crippen LogP contribution in [-0.4, -0.2) is 34.3 Å². The summed E-state index contributed by atoms with van der Waals surface area (Å²) < 4.78 is 30.0. The molecule has 0 bridgehead atoms. The number of benzene rings is 1. The number of anilines is 1. The summed E-state index contributed by atoms with van der Waals surface area (Å²) in [6.45, 7) is -0.250. The molecule has 2 heterocycles. The second-order valence-electron chi connectivity index (χ2n) is 6.83. The Morgan fingerprint density at radius 1 is 1.17 bits per heavy atom. The van der Waals surface area contributed by atoms with Gasteiger partial charge in [0.05, 0.1) is 29.0 Å². The van der Waals surface area contributed by atoms with Crippen LogP contribution in [0.2, 0.25) is 0 Å². The minimum atomic E-state index is -3.87. The topological polar surface area (TPSA) is 105 Å². The molecule has 0 fully saturated rings. The molecule has 1 N–H and O–H groups in total. The van der Waals surface area contributed by atoms with Crippen molar-refractivity contribution in [1.29, 1.82) is 0 Å². The van der Waals surface area contributed by atoms with Gasteiger partial charge >= 0.3 is 5.97 Å². The molecular weight excluding hydrogens is 392 g/mol. The van der Waals surface area contributed by atoms with E-state index in [1.165, 1.54) is 15.2 Å². The van der Waals surface area contributed by atoms with E-state index < -0.39 is 22.0 Å². The van der Waals surface area contributed by atoms with Crippen molar-refractivity contribution in [2.24, 2.45) is 0 Å². The Bertz CT molecular complexity index is 1110. The number of carbonyl (C=O) groups is 1. The molecule has 0 aliphatic heterocycles. The van der Waals surface area contributed by atoms with Gasteiger partial charge in [0.15, 0.2) is 0 Å². The van der Waals surface area contributed by atoms with Gasteiger partial charge in [-0.3, -0.25) is 18.8 Å². The maximum atomic E-state index is 13.6. The van der Waals surface area contributed by atoms with Crippen LogP contribution in [-0.2, 0) is 27.8 Å². The number of nitrogens with zero attached hydrogens (tertiary/aromatic N) is 4. The average molecular weight is 412 g/mol. The van der Waals surface area contributed by atoms with Crippen LogP contribution in [0.3, 0.4) is 0 Å². The van der Waals surface area contributed by atoms with Crippen molar-refractivity contribution in [3.05, 3.63) is 72.3 Å². The normalized spacial score (nSPS) is 16.2. The molecule has 0 saturated carbocycles. The predicted molar refractivity (Wildman–Crippen MR) is 106 cm³/mol. The Morgan fingerprint density at radius 2 is 1.97 bits per heavy atom.